The van der Waals surface area contributed by atoms with Crippen molar-refractivity contribution in [2.24, 2.45) is 0 Å². The molecule has 4 heteroatoms. The molecule has 60 valence electrons. The first-order valence-electron chi connectivity index (χ1n) is 2.89. The lowest BCUT2D eigenvalue weighted by Crippen LogP contribution is -1.99. The standard InChI is InChI=1S/C7H5BrClFO/c8-5-1-3-6(4-2-5)11-7(9)10/h1-4,7H. The van der Waals surface area contributed by atoms with Crippen LogP contribution in [0.1, 0.15) is 0 Å². The lowest BCUT2D eigenvalue weighted by Gasteiger charge is -2.03. The van der Waals surface area contributed by atoms with Crippen molar-refractivity contribution >= 4 is 27.5 Å². The number of rotatable bonds is 2. The van der Waals surface area contributed by atoms with Crippen molar-refractivity contribution in [2.45, 2.75) is 5.82 Å². The van der Waals surface area contributed by atoms with Gasteiger partial charge in [-0.15, -0.1) is 0 Å². The SMILES string of the molecule is FC(Cl)Oc1ccc(Br)cc1. The Morgan fingerprint density at radius 1 is 1.36 bits per heavy atom. The molecule has 0 saturated heterocycles. The van der Waals surface area contributed by atoms with E-state index in [2.05, 4.69) is 20.7 Å². The molecule has 1 aromatic carbocycles. The molecule has 0 aliphatic carbocycles. The zero-order valence-corrected chi connectivity index (χ0v) is 7.77. The largest absolute Gasteiger partial charge is 0.447 e. The summed E-state index contributed by atoms with van der Waals surface area (Å²) in [5.41, 5.74) is 0. The molecule has 0 saturated carbocycles. The topological polar surface area (TPSA) is 9.23 Å². The normalized spacial score (nSPS) is 12.6. The van der Waals surface area contributed by atoms with Crippen LogP contribution >= 0.6 is 27.5 Å². The molecule has 0 aliphatic heterocycles. The Hall–Kier alpha value is -0.280. The summed E-state index contributed by atoms with van der Waals surface area (Å²) in [6.07, 6.45) is 0. The van der Waals surface area contributed by atoms with E-state index in [1.165, 1.54) is 0 Å². The maximum atomic E-state index is 12.0. The number of hydrogen-bond acceptors (Lipinski definition) is 1. The van der Waals surface area contributed by atoms with Gasteiger partial charge in [0.05, 0.1) is 0 Å². The van der Waals surface area contributed by atoms with Crippen molar-refractivity contribution in [3.8, 4) is 5.75 Å². The molecule has 0 bridgehead atoms. The van der Waals surface area contributed by atoms with E-state index < -0.39 is 5.82 Å². The van der Waals surface area contributed by atoms with Gasteiger partial charge in [0.1, 0.15) is 5.75 Å². The summed E-state index contributed by atoms with van der Waals surface area (Å²) < 4.78 is 17.5. The van der Waals surface area contributed by atoms with Crippen LogP contribution in [0.25, 0.3) is 0 Å². The fourth-order valence-corrected chi connectivity index (χ4v) is 0.983. The van der Waals surface area contributed by atoms with Crippen LogP contribution in [0.3, 0.4) is 0 Å². The summed E-state index contributed by atoms with van der Waals surface area (Å²) in [4.78, 5) is 0. The molecule has 0 heterocycles. The summed E-state index contributed by atoms with van der Waals surface area (Å²) in [5.74, 6) is -1.37. The maximum Gasteiger partial charge on any atom is 0.316 e. The highest BCUT2D eigenvalue weighted by atomic mass is 79.9. The van der Waals surface area contributed by atoms with Crippen molar-refractivity contribution in [3.63, 3.8) is 0 Å². The molecule has 0 amide bonds. The van der Waals surface area contributed by atoms with E-state index in [0.717, 1.165) is 4.47 Å². The first-order chi connectivity index (χ1) is 5.18. The molecule has 0 N–H and O–H groups in total. The highest BCUT2D eigenvalue weighted by molar-refractivity contribution is 9.10. The summed E-state index contributed by atoms with van der Waals surface area (Å²) in [6, 6.07) is 6.74. The van der Waals surface area contributed by atoms with E-state index in [4.69, 9.17) is 11.6 Å². The summed E-state index contributed by atoms with van der Waals surface area (Å²) in [6.45, 7) is 0. The van der Waals surface area contributed by atoms with Gasteiger partial charge in [-0.05, 0) is 35.9 Å². The molecule has 0 radical (unpaired) electrons. The number of alkyl halides is 2. The van der Waals surface area contributed by atoms with Crippen molar-refractivity contribution in [2.75, 3.05) is 0 Å². The molecular weight excluding hydrogens is 234 g/mol. The van der Waals surface area contributed by atoms with Crippen LogP contribution in [0.5, 0.6) is 5.75 Å². The Kier molecular flexibility index (Phi) is 3.15. The van der Waals surface area contributed by atoms with Gasteiger partial charge in [-0.25, -0.2) is 0 Å². The summed E-state index contributed by atoms with van der Waals surface area (Å²) in [5, 5.41) is 0. The van der Waals surface area contributed by atoms with Crippen LogP contribution in [0.15, 0.2) is 28.7 Å². The number of halogens is 3. The molecule has 1 rings (SSSR count). The number of benzene rings is 1. The van der Waals surface area contributed by atoms with E-state index in [1.807, 2.05) is 0 Å². The van der Waals surface area contributed by atoms with Gasteiger partial charge in [0.2, 0.25) is 0 Å². The Labute approximate surface area is 77.2 Å². The second kappa shape index (κ2) is 3.93. The smallest absolute Gasteiger partial charge is 0.316 e. The third-order valence-corrected chi connectivity index (χ3v) is 1.66. The Morgan fingerprint density at radius 2 is 1.91 bits per heavy atom. The second-order valence-corrected chi connectivity index (χ2v) is 3.09. The van der Waals surface area contributed by atoms with E-state index in [-0.39, 0.29) is 0 Å². The second-order valence-electron chi connectivity index (χ2n) is 1.83. The molecular formula is C7H5BrClFO. The predicted molar refractivity (Wildman–Crippen MR) is 45.5 cm³/mol. The monoisotopic (exact) mass is 238 g/mol. The average molecular weight is 239 g/mol. The van der Waals surface area contributed by atoms with Crippen LogP contribution in [-0.4, -0.2) is 5.82 Å². The quantitative estimate of drug-likeness (QED) is 0.720. The number of ether oxygens (including phenoxy) is 1. The molecule has 1 aromatic rings. The van der Waals surface area contributed by atoms with Gasteiger partial charge in [-0.1, -0.05) is 15.9 Å². The molecule has 0 aromatic heterocycles. The van der Waals surface area contributed by atoms with E-state index in [0.29, 0.717) is 5.75 Å². The first kappa shape index (κ1) is 8.81. The Morgan fingerprint density at radius 3 is 2.36 bits per heavy atom. The zero-order chi connectivity index (χ0) is 8.27. The van der Waals surface area contributed by atoms with E-state index in [9.17, 15) is 4.39 Å². The zero-order valence-electron chi connectivity index (χ0n) is 5.43. The van der Waals surface area contributed by atoms with Crippen molar-refractivity contribution in [1.29, 1.82) is 0 Å². The Balaban J connectivity index is 2.66. The molecule has 1 unspecified atom stereocenters. The van der Waals surface area contributed by atoms with Gasteiger partial charge >= 0.3 is 5.82 Å². The fraction of sp³-hybridized carbons (Fsp3) is 0.143. The molecule has 0 aliphatic rings. The van der Waals surface area contributed by atoms with Crippen LogP contribution in [0, 0.1) is 0 Å². The average Bonchev–Trinajstić information content (AvgIpc) is 1.93. The third kappa shape index (κ3) is 3.08. The van der Waals surface area contributed by atoms with Gasteiger partial charge in [0.15, 0.2) is 0 Å². The number of hydrogen-bond donors (Lipinski definition) is 0. The minimum Gasteiger partial charge on any atom is -0.447 e. The van der Waals surface area contributed by atoms with Crippen molar-refractivity contribution < 1.29 is 9.13 Å². The molecule has 1 nitrogen and oxygen atoms in total. The highest BCUT2D eigenvalue weighted by Gasteiger charge is 2.00. The summed E-state index contributed by atoms with van der Waals surface area (Å²) in [7, 11) is 0. The molecule has 0 fully saturated rings. The van der Waals surface area contributed by atoms with Gasteiger partial charge in [0.25, 0.3) is 0 Å². The highest BCUT2D eigenvalue weighted by Crippen LogP contribution is 2.18. The van der Waals surface area contributed by atoms with Crippen LogP contribution in [0.4, 0.5) is 4.39 Å². The molecule has 1 atom stereocenters. The van der Waals surface area contributed by atoms with Gasteiger partial charge in [0, 0.05) is 4.47 Å². The Bertz CT molecular complexity index is 224. The molecule has 0 spiro atoms. The minimum absolute atomic E-state index is 0.413. The third-order valence-electron chi connectivity index (χ3n) is 1.04. The van der Waals surface area contributed by atoms with Gasteiger partial charge in [-0.2, -0.15) is 4.39 Å². The van der Waals surface area contributed by atoms with Crippen LogP contribution < -0.4 is 4.74 Å². The van der Waals surface area contributed by atoms with Crippen LogP contribution in [0.2, 0.25) is 0 Å². The molecule has 11 heavy (non-hydrogen) atoms. The lowest BCUT2D eigenvalue weighted by atomic mass is 10.3. The van der Waals surface area contributed by atoms with E-state index >= 15 is 0 Å². The van der Waals surface area contributed by atoms with Crippen molar-refractivity contribution in [1.82, 2.24) is 0 Å². The van der Waals surface area contributed by atoms with Gasteiger partial charge in [-0.3, -0.25) is 0 Å². The predicted octanol–water partition coefficient (Wildman–Crippen LogP) is 3.32. The van der Waals surface area contributed by atoms with Crippen LogP contribution in [-0.2, 0) is 0 Å². The maximum absolute atomic E-state index is 12.0. The first-order valence-corrected chi connectivity index (χ1v) is 4.12. The fourth-order valence-electron chi connectivity index (χ4n) is 0.616. The van der Waals surface area contributed by atoms with Gasteiger partial charge < -0.3 is 4.74 Å². The minimum atomic E-state index is -1.78. The van der Waals surface area contributed by atoms with E-state index in [1.54, 1.807) is 24.3 Å². The van der Waals surface area contributed by atoms with Crippen molar-refractivity contribution in [3.05, 3.63) is 28.7 Å². The summed E-state index contributed by atoms with van der Waals surface area (Å²) >= 11 is 8.18. The lowest BCUT2D eigenvalue weighted by molar-refractivity contribution is 0.147.